The van der Waals surface area contributed by atoms with Gasteiger partial charge in [0.15, 0.2) is 0 Å². The van der Waals surface area contributed by atoms with E-state index in [1.165, 1.54) is 12.1 Å². The third-order valence-electron chi connectivity index (χ3n) is 4.65. The standard InChI is InChI=1S/C22H26FNO4/c1-26-9-7-22(25)24-8-10-27-11-12-28-21-6-5-20(23)15-19(21)14-17-3-2-4-18(13-17)16-24/h2-6,13,15H,7-12,14,16H2,1H3. The predicted octanol–water partition coefficient (Wildman–Crippen LogP) is 3.19. The molecular formula is C22H26FNO4. The Balaban J connectivity index is 1.84. The van der Waals surface area contributed by atoms with Crippen molar-refractivity contribution in [1.29, 1.82) is 0 Å². The summed E-state index contributed by atoms with van der Waals surface area (Å²) in [5.41, 5.74) is 2.87. The molecule has 2 bridgehead atoms. The van der Waals surface area contributed by atoms with Crippen molar-refractivity contribution >= 4 is 5.91 Å². The molecule has 0 unspecified atom stereocenters. The number of carbonyl (C=O) groups excluding carboxylic acids is 1. The first-order valence-corrected chi connectivity index (χ1v) is 9.49. The lowest BCUT2D eigenvalue weighted by Gasteiger charge is -2.23. The molecule has 2 aromatic carbocycles. The van der Waals surface area contributed by atoms with Gasteiger partial charge >= 0.3 is 0 Å². The van der Waals surface area contributed by atoms with Gasteiger partial charge in [0, 0.05) is 32.2 Å². The molecule has 3 rings (SSSR count). The number of rotatable bonds is 3. The monoisotopic (exact) mass is 387 g/mol. The van der Waals surface area contributed by atoms with E-state index in [0.29, 0.717) is 58.1 Å². The van der Waals surface area contributed by atoms with E-state index < -0.39 is 0 Å². The van der Waals surface area contributed by atoms with Crippen molar-refractivity contribution in [1.82, 2.24) is 4.90 Å². The average molecular weight is 387 g/mol. The minimum absolute atomic E-state index is 0.0339. The van der Waals surface area contributed by atoms with Gasteiger partial charge < -0.3 is 19.1 Å². The van der Waals surface area contributed by atoms with Crippen LogP contribution in [0.15, 0.2) is 42.5 Å². The van der Waals surface area contributed by atoms with Crippen LogP contribution in [0.4, 0.5) is 4.39 Å². The summed E-state index contributed by atoms with van der Waals surface area (Å²) in [6.45, 7) is 2.61. The third-order valence-corrected chi connectivity index (χ3v) is 4.65. The average Bonchev–Trinajstić information content (AvgIpc) is 2.69. The molecule has 6 heteroatoms. The molecule has 0 atom stereocenters. The van der Waals surface area contributed by atoms with Gasteiger partial charge in [0.1, 0.15) is 18.2 Å². The second-order valence-corrected chi connectivity index (χ2v) is 6.77. The van der Waals surface area contributed by atoms with Gasteiger partial charge in [0.25, 0.3) is 0 Å². The summed E-state index contributed by atoms with van der Waals surface area (Å²) in [6.07, 6.45) is 0.894. The molecule has 1 aliphatic rings. The van der Waals surface area contributed by atoms with Gasteiger partial charge in [-0.25, -0.2) is 4.39 Å². The molecule has 150 valence electrons. The molecule has 2 aromatic rings. The van der Waals surface area contributed by atoms with Crippen LogP contribution in [0.3, 0.4) is 0 Å². The minimum Gasteiger partial charge on any atom is -0.491 e. The Morgan fingerprint density at radius 3 is 2.86 bits per heavy atom. The fraction of sp³-hybridized carbons (Fsp3) is 0.409. The molecule has 0 N–H and O–H groups in total. The molecule has 0 saturated heterocycles. The summed E-state index contributed by atoms with van der Waals surface area (Å²) in [7, 11) is 1.59. The predicted molar refractivity (Wildman–Crippen MR) is 104 cm³/mol. The number of ether oxygens (including phenoxy) is 3. The molecule has 0 aromatic heterocycles. The Kier molecular flexibility index (Phi) is 7.39. The SMILES string of the molecule is COCCC(=O)N1CCOCCOc2ccc(F)cc2Cc2cccc(c2)C1. The number of hydrogen-bond acceptors (Lipinski definition) is 4. The molecule has 28 heavy (non-hydrogen) atoms. The Morgan fingerprint density at radius 2 is 2.00 bits per heavy atom. The van der Waals surface area contributed by atoms with Crippen molar-refractivity contribution in [2.45, 2.75) is 19.4 Å². The lowest BCUT2D eigenvalue weighted by molar-refractivity contribution is -0.133. The highest BCUT2D eigenvalue weighted by Crippen LogP contribution is 2.24. The molecule has 5 nitrogen and oxygen atoms in total. The van der Waals surface area contributed by atoms with E-state index in [9.17, 15) is 9.18 Å². The Labute approximate surface area is 165 Å². The zero-order valence-corrected chi connectivity index (χ0v) is 16.2. The van der Waals surface area contributed by atoms with Gasteiger partial charge in [-0.15, -0.1) is 0 Å². The Morgan fingerprint density at radius 1 is 1.14 bits per heavy atom. The van der Waals surface area contributed by atoms with Gasteiger partial charge in [-0.3, -0.25) is 4.79 Å². The number of carbonyl (C=O) groups is 1. The molecule has 1 aliphatic heterocycles. The van der Waals surface area contributed by atoms with Gasteiger partial charge in [-0.05, 0) is 29.3 Å². The van der Waals surface area contributed by atoms with E-state index in [4.69, 9.17) is 14.2 Å². The van der Waals surface area contributed by atoms with Crippen LogP contribution >= 0.6 is 0 Å². The third kappa shape index (κ3) is 5.78. The van der Waals surface area contributed by atoms with Crippen molar-refractivity contribution < 1.29 is 23.4 Å². The van der Waals surface area contributed by atoms with Crippen LogP contribution < -0.4 is 4.74 Å². The second-order valence-electron chi connectivity index (χ2n) is 6.77. The number of amides is 1. The molecular weight excluding hydrogens is 361 g/mol. The minimum atomic E-state index is -0.286. The van der Waals surface area contributed by atoms with E-state index in [2.05, 4.69) is 6.07 Å². The van der Waals surface area contributed by atoms with Gasteiger partial charge in [-0.1, -0.05) is 24.3 Å². The number of benzene rings is 2. The normalized spacial score (nSPS) is 15.3. The smallest absolute Gasteiger partial charge is 0.225 e. The molecule has 0 spiro atoms. The first-order valence-electron chi connectivity index (χ1n) is 9.49. The van der Waals surface area contributed by atoms with Crippen LogP contribution in [0.25, 0.3) is 0 Å². The zero-order valence-electron chi connectivity index (χ0n) is 16.2. The largest absolute Gasteiger partial charge is 0.491 e. The maximum Gasteiger partial charge on any atom is 0.225 e. The Bertz CT molecular complexity index is 796. The highest BCUT2D eigenvalue weighted by molar-refractivity contribution is 5.76. The highest BCUT2D eigenvalue weighted by Gasteiger charge is 2.15. The van der Waals surface area contributed by atoms with Crippen LogP contribution in [-0.2, 0) is 27.2 Å². The summed E-state index contributed by atoms with van der Waals surface area (Å²) < 4.78 is 30.2. The summed E-state index contributed by atoms with van der Waals surface area (Å²) in [5, 5.41) is 0. The molecule has 1 amide bonds. The molecule has 0 radical (unpaired) electrons. The number of methoxy groups -OCH3 is 1. The number of halogens is 1. The number of nitrogens with zero attached hydrogens (tertiary/aromatic N) is 1. The Hall–Kier alpha value is -2.44. The topological polar surface area (TPSA) is 48.0 Å². The van der Waals surface area contributed by atoms with Crippen molar-refractivity contribution in [2.75, 3.05) is 40.1 Å². The fourth-order valence-corrected chi connectivity index (χ4v) is 3.23. The van der Waals surface area contributed by atoms with Gasteiger partial charge in [0.2, 0.25) is 5.91 Å². The second kappa shape index (κ2) is 10.2. The van der Waals surface area contributed by atoms with E-state index in [1.807, 2.05) is 18.2 Å². The van der Waals surface area contributed by atoms with Crippen LogP contribution in [0.1, 0.15) is 23.1 Å². The van der Waals surface area contributed by atoms with Crippen molar-refractivity contribution in [3.8, 4) is 5.75 Å². The van der Waals surface area contributed by atoms with Gasteiger partial charge in [-0.2, -0.15) is 0 Å². The van der Waals surface area contributed by atoms with Crippen LogP contribution in [-0.4, -0.2) is 50.9 Å². The van der Waals surface area contributed by atoms with Gasteiger partial charge in [0.05, 0.1) is 26.2 Å². The quantitative estimate of drug-likeness (QED) is 0.812. The van der Waals surface area contributed by atoms with Crippen molar-refractivity contribution in [3.63, 3.8) is 0 Å². The lowest BCUT2D eigenvalue weighted by atomic mass is 10.0. The van der Waals surface area contributed by atoms with E-state index >= 15 is 0 Å². The summed E-state index contributed by atoms with van der Waals surface area (Å²) >= 11 is 0. The number of hydrogen-bond donors (Lipinski definition) is 0. The summed E-state index contributed by atoms with van der Waals surface area (Å²) in [6, 6.07) is 12.6. The highest BCUT2D eigenvalue weighted by atomic mass is 19.1. The molecule has 0 aliphatic carbocycles. The number of fused-ring (bicyclic) bond motifs is 3. The summed E-state index contributed by atoms with van der Waals surface area (Å²) in [4.78, 5) is 14.3. The fourth-order valence-electron chi connectivity index (χ4n) is 3.23. The first kappa shape index (κ1) is 20.3. The molecule has 0 fully saturated rings. The van der Waals surface area contributed by atoms with E-state index in [1.54, 1.807) is 18.1 Å². The zero-order chi connectivity index (χ0) is 19.8. The van der Waals surface area contributed by atoms with Crippen molar-refractivity contribution in [3.05, 3.63) is 65.0 Å². The summed E-state index contributed by atoms with van der Waals surface area (Å²) in [5.74, 6) is 0.418. The van der Waals surface area contributed by atoms with Crippen molar-refractivity contribution in [2.24, 2.45) is 0 Å². The lowest BCUT2D eigenvalue weighted by Crippen LogP contribution is -2.34. The van der Waals surface area contributed by atoms with E-state index in [-0.39, 0.29) is 11.7 Å². The molecule has 0 saturated carbocycles. The van der Waals surface area contributed by atoms with Crippen LogP contribution in [0, 0.1) is 5.82 Å². The molecule has 1 heterocycles. The van der Waals surface area contributed by atoms with Crippen LogP contribution in [0.2, 0.25) is 0 Å². The maximum absolute atomic E-state index is 13.8. The van der Waals surface area contributed by atoms with Crippen LogP contribution in [0.5, 0.6) is 5.75 Å². The first-order chi connectivity index (χ1) is 13.7. The maximum atomic E-state index is 13.8. The van der Waals surface area contributed by atoms with E-state index in [0.717, 1.165) is 16.7 Å².